The van der Waals surface area contributed by atoms with Gasteiger partial charge in [-0.3, -0.25) is 9.59 Å². The van der Waals surface area contributed by atoms with Gasteiger partial charge in [0.2, 0.25) is 5.88 Å². The van der Waals surface area contributed by atoms with Crippen LogP contribution in [0.3, 0.4) is 0 Å². The highest BCUT2D eigenvalue weighted by Crippen LogP contribution is 2.72. The highest BCUT2D eigenvalue weighted by Gasteiger charge is 2.77. The number of carbonyl (C=O) groups excluding carboxylic acids is 2. The van der Waals surface area contributed by atoms with Gasteiger partial charge in [-0.2, -0.15) is 0 Å². The Morgan fingerprint density at radius 1 is 1.25 bits per heavy atom. The summed E-state index contributed by atoms with van der Waals surface area (Å²) in [5.41, 5.74) is -1.09. The molecule has 2 bridgehead atoms. The van der Waals surface area contributed by atoms with Crippen molar-refractivity contribution in [2.75, 3.05) is 6.61 Å². The van der Waals surface area contributed by atoms with E-state index < -0.39 is 29.0 Å². The summed E-state index contributed by atoms with van der Waals surface area (Å²) in [4.78, 5) is 30.7. The minimum Gasteiger partial charge on any atom is -0.466 e. The number of fused-ring (bicyclic) bond motifs is 5. The molecular formula is C29H35NO6. The molecule has 1 saturated heterocycles. The van der Waals surface area contributed by atoms with Gasteiger partial charge >= 0.3 is 0 Å². The van der Waals surface area contributed by atoms with Crippen molar-refractivity contribution in [2.24, 2.45) is 34.5 Å². The fourth-order valence-electron chi connectivity index (χ4n) is 8.00. The van der Waals surface area contributed by atoms with Crippen molar-refractivity contribution < 1.29 is 28.9 Å². The van der Waals surface area contributed by atoms with Gasteiger partial charge in [0.25, 0.3) is 0 Å². The van der Waals surface area contributed by atoms with E-state index in [2.05, 4.69) is 25.8 Å². The van der Waals surface area contributed by atoms with Gasteiger partial charge in [0.1, 0.15) is 6.10 Å². The molecule has 4 aliphatic carbocycles. The first-order chi connectivity index (χ1) is 16.9. The van der Waals surface area contributed by atoms with Crippen molar-refractivity contribution in [3.05, 3.63) is 47.2 Å². The summed E-state index contributed by atoms with van der Waals surface area (Å²) in [6.07, 6.45) is 5.29. The zero-order valence-electron chi connectivity index (χ0n) is 21.8. The van der Waals surface area contributed by atoms with Crippen molar-refractivity contribution >= 4 is 12.1 Å². The van der Waals surface area contributed by atoms with Gasteiger partial charge in [-0.1, -0.05) is 32.9 Å². The van der Waals surface area contributed by atoms with Gasteiger partial charge < -0.3 is 19.3 Å². The number of ketones is 1. The van der Waals surface area contributed by atoms with Gasteiger partial charge in [-0.25, -0.2) is 4.98 Å². The lowest BCUT2D eigenvalue weighted by Gasteiger charge is -2.52. The molecule has 1 aromatic heterocycles. The van der Waals surface area contributed by atoms with Crippen molar-refractivity contribution in [3.63, 3.8) is 0 Å². The molecule has 3 fully saturated rings. The SMILES string of the molecule is CC1=C[C@]23C(=O)[C@@H](C=C4COC(C)(C)O[C@H]4[C@]2(O)[C@H]1Oc1ncccc1C=O)C1[C@@H](C[C@H]3C)C1(C)C. The highest BCUT2D eigenvalue weighted by atomic mass is 16.7. The summed E-state index contributed by atoms with van der Waals surface area (Å²) in [6.45, 7) is 12.4. The summed E-state index contributed by atoms with van der Waals surface area (Å²) < 4.78 is 18.9. The Balaban J connectivity index is 1.57. The minimum absolute atomic E-state index is 0.0287. The molecule has 36 heavy (non-hydrogen) atoms. The predicted octanol–water partition coefficient (Wildman–Crippen LogP) is 3.91. The Bertz CT molecular complexity index is 1220. The molecule has 0 amide bonds. The second kappa shape index (κ2) is 7.36. The Kier molecular flexibility index (Phi) is 4.91. The van der Waals surface area contributed by atoms with Crippen LogP contribution in [0, 0.1) is 34.5 Å². The van der Waals surface area contributed by atoms with E-state index in [4.69, 9.17) is 14.2 Å². The molecule has 5 aliphatic rings. The van der Waals surface area contributed by atoms with Crippen LogP contribution in [-0.2, 0) is 14.3 Å². The fourth-order valence-corrected chi connectivity index (χ4v) is 8.00. The van der Waals surface area contributed by atoms with Crippen LogP contribution in [0.4, 0.5) is 0 Å². The molecule has 6 rings (SSSR count). The van der Waals surface area contributed by atoms with Crippen LogP contribution in [0.5, 0.6) is 5.88 Å². The molecule has 2 heterocycles. The molecule has 1 spiro atoms. The maximum Gasteiger partial charge on any atom is 0.224 e. The molecule has 0 aromatic carbocycles. The smallest absolute Gasteiger partial charge is 0.224 e. The van der Waals surface area contributed by atoms with E-state index in [1.165, 1.54) is 0 Å². The lowest BCUT2D eigenvalue weighted by atomic mass is 9.59. The van der Waals surface area contributed by atoms with Crippen LogP contribution in [0.1, 0.15) is 58.3 Å². The fraction of sp³-hybridized carbons (Fsp3) is 0.621. The summed E-state index contributed by atoms with van der Waals surface area (Å²) >= 11 is 0. The molecule has 1 aliphatic heterocycles. The maximum atomic E-state index is 14.7. The average molecular weight is 494 g/mol. The molecule has 1 N–H and O–H groups in total. The van der Waals surface area contributed by atoms with Gasteiger partial charge in [0.05, 0.1) is 17.6 Å². The van der Waals surface area contributed by atoms with Crippen molar-refractivity contribution in [3.8, 4) is 5.88 Å². The number of pyridine rings is 1. The zero-order chi connectivity index (χ0) is 25.8. The van der Waals surface area contributed by atoms with Crippen molar-refractivity contribution in [1.82, 2.24) is 4.98 Å². The van der Waals surface area contributed by atoms with Crippen molar-refractivity contribution in [1.29, 1.82) is 0 Å². The average Bonchev–Trinajstić information content (AvgIpc) is 3.31. The van der Waals surface area contributed by atoms with Crippen LogP contribution in [0.2, 0.25) is 0 Å². The predicted molar refractivity (Wildman–Crippen MR) is 131 cm³/mol. The van der Waals surface area contributed by atoms with Crippen LogP contribution < -0.4 is 4.74 Å². The van der Waals surface area contributed by atoms with Crippen molar-refractivity contribution in [2.45, 2.75) is 71.6 Å². The molecule has 2 saturated carbocycles. The Hall–Kier alpha value is -2.35. The van der Waals surface area contributed by atoms with Crippen LogP contribution >= 0.6 is 0 Å². The lowest BCUT2D eigenvalue weighted by Crippen LogP contribution is -2.68. The molecule has 0 radical (unpaired) electrons. The highest BCUT2D eigenvalue weighted by molar-refractivity contribution is 5.95. The number of rotatable bonds is 3. The van der Waals surface area contributed by atoms with E-state index >= 15 is 0 Å². The third kappa shape index (κ3) is 2.88. The van der Waals surface area contributed by atoms with Gasteiger partial charge in [0, 0.05) is 12.1 Å². The van der Waals surface area contributed by atoms with E-state index in [1.807, 2.05) is 32.9 Å². The first-order valence-electron chi connectivity index (χ1n) is 12.9. The summed E-state index contributed by atoms with van der Waals surface area (Å²) in [5.74, 6) is -0.671. The van der Waals surface area contributed by atoms with E-state index in [9.17, 15) is 14.7 Å². The number of aromatic nitrogens is 1. The first-order valence-corrected chi connectivity index (χ1v) is 12.9. The van der Waals surface area contributed by atoms with Gasteiger partial charge in [-0.15, -0.1) is 0 Å². The Morgan fingerprint density at radius 3 is 2.72 bits per heavy atom. The number of aldehydes is 1. The minimum atomic E-state index is -1.74. The number of nitrogens with zero attached hydrogens (tertiary/aromatic N) is 1. The summed E-state index contributed by atoms with van der Waals surface area (Å²) in [7, 11) is 0. The van der Waals surface area contributed by atoms with E-state index in [1.54, 1.807) is 18.3 Å². The number of carbonyl (C=O) groups is 2. The number of ether oxygens (including phenoxy) is 3. The van der Waals surface area contributed by atoms with Crippen LogP contribution in [0.25, 0.3) is 0 Å². The third-order valence-electron chi connectivity index (χ3n) is 9.83. The molecule has 7 nitrogen and oxygen atoms in total. The summed E-state index contributed by atoms with van der Waals surface area (Å²) in [6, 6.07) is 3.29. The van der Waals surface area contributed by atoms with E-state index in [-0.39, 0.29) is 47.0 Å². The second-order valence-electron chi connectivity index (χ2n) is 12.5. The third-order valence-corrected chi connectivity index (χ3v) is 9.83. The molecular weight excluding hydrogens is 458 g/mol. The molecule has 1 unspecified atom stereocenters. The molecule has 192 valence electrons. The van der Waals surface area contributed by atoms with Crippen LogP contribution in [-0.4, -0.2) is 52.4 Å². The Morgan fingerprint density at radius 2 is 2.00 bits per heavy atom. The molecule has 8 atom stereocenters. The topological polar surface area (TPSA) is 95.0 Å². The lowest BCUT2D eigenvalue weighted by molar-refractivity contribution is -0.301. The first kappa shape index (κ1) is 24.0. The van der Waals surface area contributed by atoms with Gasteiger partial charge in [-0.05, 0) is 73.6 Å². The second-order valence-corrected chi connectivity index (χ2v) is 12.5. The van der Waals surface area contributed by atoms with Crippen LogP contribution in [0.15, 0.2) is 41.6 Å². The number of allylic oxidation sites excluding steroid dienone is 1. The number of hydrogen-bond acceptors (Lipinski definition) is 7. The Labute approximate surface area is 211 Å². The van der Waals surface area contributed by atoms with E-state index in [0.29, 0.717) is 12.2 Å². The zero-order valence-corrected chi connectivity index (χ0v) is 21.8. The largest absolute Gasteiger partial charge is 0.466 e. The molecule has 7 heteroatoms. The quantitative estimate of drug-likeness (QED) is 0.504. The maximum absolute atomic E-state index is 14.7. The monoisotopic (exact) mass is 493 g/mol. The number of hydrogen-bond donors (Lipinski definition) is 1. The van der Waals surface area contributed by atoms with E-state index in [0.717, 1.165) is 17.6 Å². The number of Topliss-reactive ketones (excluding diaryl/α,β-unsaturated/α-hetero) is 1. The van der Waals surface area contributed by atoms with Gasteiger partial charge in [0.15, 0.2) is 29.6 Å². The number of aliphatic hydroxyl groups is 1. The summed E-state index contributed by atoms with van der Waals surface area (Å²) in [5, 5.41) is 13.0. The normalized spacial score (nSPS) is 43.6. The standard InChI is InChI=1S/C29H35NO6/c1-15-12-28-16(2)10-20-21(26(20,3)4)19(22(28)32)11-18-14-34-27(5,6)36-24(18)29(28,33)23(15)35-25-17(13-31)8-7-9-30-25/h7-9,11-13,16,19-21,23-24,33H,10,14H2,1-6H3/t16-,19+,20-,21?,23+,24-,28+,29-/m1/s1. The molecule has 1 aromatic rings.